The van der Waals surface area contributed by atoms with Gasteiger partial charge in [0.05, 0.1) is 13.0 Å². The minimum atomic E-state index is -0.385. The molecule has 1 rings (SSSR count). The Hall–Kier alpha value is -1.55. The number of aryl methyl sites for hydroxylation is 2. The fourth-order valence-electron chi connectivity index (χ4n) is 1.53. The second-order valence-electron chi connectivity index (χ2n) is 5.63. The zero-order valence-corrected chi connectivity index (χ0v) is 12.2. The summed E-state index contributed by atoms with van der Waals surface area (Å²) < 4.78 is 5.63. The lowest BCUT2D eigenvalue weighted by atomic mass is 10.1. The van der Waals surface area contributed by atoms with E-state index in [-0.39, 0.29) is 11.4 Å². The molecular weight excluding hydrogens is 240 g/mol. The van der Waals surface area contributed by atoms with Crippen molar-refractivity contribution >= 4 is 5.91 Å². The van der Waals surface area contributed by atoms with Crippen molar-refractivity contribution in [2.75, 3.05) is 13.2 Å². The van der Waals surface area contributed by atoms with Crippen molar-refractivity contribution in [1.29, 1.82) is 0 Å². The minimum Gasteiger partial charge on any atom is -0.493 e. The maximum absolute atomic E-state index is 11.6. The zero-order chi connectivity index (χ0) is 14.5. The van der Waals surface area contributed by atoms with Crippen LogP contribution in [0.4, 0.5) is 0 Å². The van der Waals surface area contributed by atoms with E-state index in [1.165, 1.54) is 0 Å². The summed E-state index contributed by atoms with van der Waals surface area (Å²) in [4.78, 5) is 11.6. The molecule has 1 aromatic carbocycles. The van der Waals surface area contributed by atoms with Crippen LogP contribution >= 0.6 is 0 Å². The number of rotatable bonds is 6. The summed E-state index contributed by atoms with van der Waals surface area (Å²) >= 11 is 0. The molecule has 106 valence electrons. The summed E-state index contributed by atoms with van der Waals surface area (Å²) in [6, 6.07) is 6.04. The molecule has 0 spiro atoms. The van der Waals surface area contributed by atoms with E-state index in [2.05, 4.69) is 5.32 Å². The minimum absolute atomic E-state index is 0.0381. The summed E-state index contributed by atoms with van der Waals surface area (Å²) in [6.07, 6.45) is 0.337. The van der Waals surface area contributed by atoms with E-state index in [1.807, 2.05) is 45.9 Å². The van der Waals surface area contributed by atoms with Crippen LogP contribution in [0.15, 0.2) is 18.2 Å². The average molecular weight is 264 g/mol. The smallest absolute Gasteiger partial charge is 0.223 e. The number of amides is 1. The van der Waals surface area contributed by atoms with Gasteiger partial charge in [-0.25, -0.2) is 0 Å². The van der Waals surface area contributed by atoms with Crippen LogP contribution in [0, 0.1) is 13.8 Å². The van der Waals surface area contributed by atoms with Crippen LogP contribution in [0.5, 0.6) is 5.75 Å². The fraction of sp³-hybridized carbons (Fsp3) is 0.533. The van der Waals surface area contributed by atoms with Gasteiger partial charge in [0.25, 0.3) is 0 Å². The number of nitrogens with two attached hydrogens (primary N) is 1. The molecule has 0 aliphatic rings. The SMILES string of the molecule is Cc1ccc(C)c(OCCC(=O)NCC(C)(C)N)c1. The molecule has 0 saturated heterocycles. The molecule has 0 bridgehead atoms. The molecule has 0 fully saturated rings. The predicted molar refractivity (Wildman–Crippen MR) is 77.3 cm³/mol. The number of carbonyl (C=O) groups is 1. The number of benzene rings is 1. The molecule has 0 radical (unpaired) electrons. The van der Waals surface area contributed by atoms with E-state index < -0.39 is 0 Å². The molecule has 0 aliphatic heterocycles. The topological polar surface area (TPSA) is 64.3 Å². The highest BCUT2D eigenvalue weighted by molar-refractivity contribution is 5.76. The molecule has 0 atom stereocenters. The Morgan fingerprint density at radius 2 is 2.05 bits per heavy atom. The molecule has 4 nitrogen and oxygen atoms in total. The lowest BCUT2D eigenvalue weighted by Gasteiger charge is -2.19. The van der Waals surface area contributed by atoms with Crippen molar-refractivity contribution in [3.8, 4) is 5.75 Å². The molecule has 1 aromatic rings. The van der Waals surface area contributed by atoms with Crippen molar-refractivity contribution in [2.45, 2.75) is 39.7 Å². The van der Waals surface area contributed by atoms with E-state index in [1.54, 1.807) is 0 Å². The van der Waals surface area contributed by atoms with Crippen LogP contribution in [0.1, 0.15) is 31.4 Å². The molecule has 0 aromatic heterocycles. The average Bonchev–Trinajstić information content (AvgIpc) is 2.30. The first kappa shape index (κ1) is 15.5. The molecule has 0 aliphatic carbocycles. The maximum Gasteiger partial charge on any atom is 0.223 e. The summed E-state index contributed by atoms with van der Waals surface area (Å²) in [5.41, 5.74) is 7.63. The second-order valence-corrected chi connectivity index (χ2v) is 5.63. The Labute approximate surface area is 115 Å². The zero-order valence-electron chi connectivity index (χ0n) is 12.2. The third-order valence-electron chi connectivity index (χ3n) is 2.67. The van der Waals surface area contributed by atoms with Gasteiger partial charge in [0.15, 0.2) is 0 Å². The Morgan fingerprint density at radius 3 is 2.68 bits per heavy atom. The van der Waals surface area contributed by atoms with Gasteiger partial charge in [-0.1, -0.05) is 12.1 Å². The molecule has 4 heteroatoms. The van der Waals surface area contributed by atoms with Gasteiger partial charge in [-0.05, 0) is 44.9 Å². The van der Waals surface area contributed by atoms with Gasteiger partial charge in [-0.2, -0.15) is 0 Å². The summed E-state index contributed by atoms with van der Waals surface area (Å²) in [5, 5.41) is 2.79. The van der Waals surface area contributed by atoms with Gasteiger partial charge in [0.1, 0.15) is 5.75 Å². The largest absolute Gasteiger partial charge is 0.493 e. The summed E-state index contributed by atoms with van der Waals surface area (Å²) in [7, 11) is 0. The molecule has 0 unspecified atom stereocenters. The third-order valence-corrected chi connectivity index (χ3v) is 2.67. The number of carbonyl (C=O) groups excluding carboxylic acids is 1. The molecule has 0 heterocycles. The predicted octanol–water partition coefficient (Wildman–Crippen LogP) is 1.93. The second kappa shape index (κ2) is 6.57. The Balaban J connectivity index is 2.34. The molecular formula is C15H24N2O2. The van der Waals surface area contributed by atoms with Gasteiger partial charge >= 0.3 is 0 Å². The van der Waals surface area contributed by atoms with Gasteiger partial charge in [0.2, 0.25) is 5.91 Å². The Kier molecular flexibility index (Phi) is 5.36. The first-order valence-electron chi connectivity index (χ1n) is 6.53. The monoisotopic (exact) mass is 264 g/mol. The Bertz CT molecular complexity index is 436. The van der Waals surface area contributed by atoms with Crippen LogP contribution in [0.3, 0.4) is 0 Å². The quantitative estimate of drug-likeness (QED) is 0.825. The highest BCUT2D eigenvalue weighted by atomic mass is 16.5. The lowest BCUT2D eigenvalue weighted by molar-refractivity contribution is -0.121. The molecule has 1 amide bonds. The van der Waals surface area contributed by atoms with E-state index in [0.717, 1.165) is 16.9 Å². The third kappa shape index (κ3) is 6.25. The van der Waals surface area contributed by atoms with Crippen LogP contribution in [-0.2, 0) is 4.79 Å². The van der Waals surface area contributed by atoms with E-state index in [0.29, 0.717) is 19.6 Å². The van der Waals surface area contributed by atoms with E-state index in [4.69, 9.17) is 10.5 Å². The van der Waals surface area contributed by atoms with Crippen LogP contribution in [-0.4, -0.2) is 24.6 Å². The molecule has 19 heavy (non-hydrogen) atoms. The van der Waals surface area contributed by atoms with Crippen molar-refractivity contribution < 1.29 is 9.53 Å². The lowest BCUT2D eigenvalue weighted by Crippen LogP contribution is -2.45. The number of hydrogen-bond donors (Lipinski definition) is 2. The van der Waals surface area contributed by atoms with Crippen molar-refractivity contribution in [1.82, 2.24) is 5.32 Å². The first-order chi connectivity index (χ1) is 8.78. The van der Waals surface area contributed by atoms with E-state index in [9.17, 15) is 4.79 Å². The van der Waals surface area contributed by atoms with Crippen molar-refractivity contribution in [3.63, 3.8) is 0 Å². The highest BCUT2D eigenvalue weighted by Crippen LogP contribution is 2.19. The number of hydrogen-bond acceptors (Lipinski definition) is 3. The number of nitrogens with one attached hydrogen (secondary N) is 1. The van der Waals surface area contributed by atoms with Crippen LogP contribution in [0.2, 0.25) is 0 Å². The highest BCUT2D eigenvalue weighted by Gasteiger charge is 2.12. The summed E-state index contributed by atoms with van der Waals surface area (Å²) in [6.45, 7) is 8.60. The van der Waals surface area contributed by atoms with Crippen LogP contribution < -0.4 is 15.8 Å². The standard InChI is InChI=1S/C15H24N2O2/c1-11-5-6-12(2)13(9-11)19-8-7-14(18)17-10-15(3,4)16/h5-6,9H,7-8,10,16H2,1-4H3,(H,17,18). The molecule has 3 N–H and O–H groups in total. The molecule has 0 saturated carbocycles. The normalized spacial score (nSPS) is 11.2. The Morgan fingerprint density at radius 1 is 1.37 bits per heavy atom. The fourth-order valence-corrected chi connectivity index (χ4v) is 1.53. The van der Waals surface area contributed by atoms with Gasteiger partial charge < -0.3 is 15.8 Å². The maximum atomic E-state index is 11.6. The van der Waals surface area contributed by atoms with Gasteiger partial charge in [-0.3, -0.25) is 4.79 Å². The van der Waals surface area contributed by atoms with Crippen LogP contribution in [0.25, 0.3) is 0 Å². The van der Waals surface area contributed by atoms with E-state index >= 15 is 0 Å². The number of ether oxygens (including phenoxy) is 1. The van der Waals surface area contributed by atoms with Crippen molar-refractivity contribution in [2.24, 2.45) is 5.73 Å². The first-order valence-corrected chi connectivity index (χ1v) is 6.53. The summed E-state index contributed by atoms with van der Waals surface area (Å²) in [5.74, 6) is 0.802. The van der Waals surface area contributed by atoms with Crippen molar-refractivity contribution in [3.05, 3.63) is 29.3 Å². The van der Waals surface area contributed by atoms with Gasteiger partial charge in [0, 0.05) is 12.1 Å². The van der Waals surface area contributed by atoms with Gasteiger partial charge in [-0.15, -0.1) is 0 Å².